The van der Waals surface area contributed by atoms with Crippen molar-refractivity contribution in [2.24, 2.45) is 0 Å². The Morgan fingerprint density at radius 2 is 2.00 bits per heavy atom. The quantitative estimate of drug-likeness (QED) is 0.795. The van der Waals surface area contributed by atoms with Crippen LogP contribution in [0.25, 0.3) is 10.9 Å². The number of esters is 1. The fourth-order valence-electron chi connectivity index (χ4n) is 2.30. The number of benzene rings is 1. The fourth-order valence-corrected chi connectivity index (χ4v) is 2.30. The van der Waals surface area contributed by atoms with Crippen LogP contribution in [0.15, 0.2) is 18.2 Å². The van der Waals surface area contributed by atoms with E-state index in [1.165, 1.54) is 7.11 Å². The molecule has 0 unspecified atom stereocenters. The number of aryl methyl sites for hydroxylation is 2. The number of rotatable bonds is 3. The maximum absolute atomic E-state index is 11.5. The van der Waals surface area contributed by atoms with Crippen LogP contribution in [0.2, 0.25) is 0 Å². The van der Waals surface area contributed by atoms with Gasteiger partial charge in [-0.2, -0.15) is 0 Å². The molecule has 19 heavy (non-hydrogen) atoms. The lowest BCUT2D eigenvalue weighted by Gasteiger charge is -2.12. The van der Waals surface area contributed by atoms with Crippen LogP contribution in [0.5, 0.6) is 5.75 Å². The molecule has 0 aliphatic rings. The summed E-state index contributed by atoms with van der Waals surface area (Å²) >= 11 is 0. The number of aromatic nitrogens is 1. The number of ether oxygens (including phenoxy) is 2. The van der Waals surface area contributed by atoms with Crippen molar-refractivity contribution in [2.45, 2.75) is 20.3 Å². The molecule has 1 aromatic heterocycles. The molecule has 0 fully saturated rings. The first-order valence-electron chi connectivity index (χ1n) is 6.07. The van der Waals surface area contributed by atoms with Crippen molar-refractivity contribution in [1.82, 2.24) is 4.98 Å². The summed E-state index contributed by atoms with van der Waals surface area (Å²) in [5.74, 6) is 0.460. The molecule has 4 heteroatoms. The second-order valence-corrected chi connectivity index (χ2v) is 4.48. The summed E-state index contributed by atoms with van der Waals surface area (Å²) < 4.78 is 10.1. The minimum Gasteiger partial charge on any atom is -0.494 e. The topological polar surface area (TPSA) is 48.4 Å². The molecule has 0 atom stereocenters. The Morgan fingerprint density at radius 3 is 2.63 bits per heavy atom. The minimum absolute atomic E-state index is 0.239. The van der Waals surface area contributed by atoms with Crippen molar-refractivity contribution >= 4 is 16.9 Å². The van der Waals surface area contributed by atoms with Crippen LogP contribution in [0.4, 0.5) is 0 Å². The fraction of sp³-hybridized carbons (Fsp3) is 0.333. The second-order valence-electron chi connectivity index (χ2n) is 4.48. The van der Waals surface area contributed by atoms with Gasteiger partial charge in [0.05, 0.1) is 20.6 Å². The van der Waals surface area contributed by atoms with Crippen LogP contribution in [-0.4, -0.2) is 25.2 Å². The molecule has 0 saturated carbocycles. The first-order valence-corrected chi connectivity index (χ1v) is 6.07. The van der Waals surface area contributed by atoms with Gasteiger partial charge in [-0.05, 0) is 37.1 Å². The minimum atomic E-state index is -0.258. The molecular formula is C15H17NO3. The van der Waals surface area contributed by atoms with E-state index in [4.69, 9.17) is 9.47 Å². The number of carbonyl (C=O) groups excluding carboxylic acids is 1. The number of fused-ring (bicyclic) bond motifs is 1. The van der Waals surface area contributed by atoms with Gasteiger partial charge in [-0.15, -0.1) is 0 Å². The summed E-state index contributed by atoms with van der Waals surface area (Å²) in [6.07, 6.45) is 0.239. The zero-order chi connectivity index (χ0) is 14.0. The predicted octanol–water partition coefficient (Wildman–Crippen LogP) is 2.58. The van der Waals surface area contributed by atoms with Crippen molar-refractivity contribution in [1.29, 1.82) is 0 Å². The van der Waals surface area contributed by atoms with Crippen molar-refractivity contribution < 1.29 is 14.3 Å². The zero-order valence-electron chi connectivity index (χ0n) is 11.6. The highest BCUT2D eigenvalue weighted by atomic mass is 16.5. The zero-order valence-corrected chi connectivity index (χ0v) is 11.6. The third-order valence-corrected chi connectivity index (χ3v) is 3.12. The molecule has 0 spiro atoms. The molecule has 2 aromatic rings. The van der Waals surface area contributed by atoms with Crippen LogP contribution >= 0.6 is 0 Å². The Balaban J connectivity index is 2.70. The van der Waals surface area contributed by atoms with Crippen LogP contribution in [0.3, 0.4) is 0 Å². The van der Waals surface area contributed by atoms with Gasteiger partial charge in [-0.3, -0.25) is 4.79 Å². The Morgan fingerprint density at radius 1 is 1.26 bits per heavy atom. The van der Waals surface area contributed by atoms with Crippen molar-refractivity contribution in [2.75, 3.05) is 14.2 Å². The Kier molecular flexibility index (Phi) is 3.69. The van der Waals surface area contributed by atoms with E-state index in [1.54, 1.807) is 7.11 Å². The van der Waals surface area contributed by atoms with Gasteiger partial charge in [0, 0.05) is 11.1 Å². The van der Waals surface area contributed by atoms with E-state index < -0.39 is 0 Å². The molecule has 0 N–H and O–H groups in total. The summed E-state index contributed by atoms with van der Waals surface area (Å²) in [4.78, 5) is 16.0. The maximum Gasteiger partial charge on any atom is 0.310 e. The van der Waals surface area contributed by atoms with Gasteiger partial charge >= 0.3 is 5.97 Å². The molecule has 0 bridgehead atoms. The van der Waals surface area contributed by atoms with Gasteiger partial charge in [0.15, 0.2) is 0 Å². The van der Waals surface area contributed by atoms with Crippen molar-refractivity contribution in [3.8, 4) is 5.75 Å². The van der Waals surface area contributed by atoms with Crippen molar-refractivity contribution in [3.63, 3.8) is 0 Å². The van der Waals surface area contributed by atoms with E-state index in [0.29, 0.717) is 0 Å². The Hall–Kier alpha value is -2.10. The molecule has 0 radical (unpaired) electrons. The molecule has 0 aliphatic heterocycles. The average Bonchev–Trinajstić information content (AvgIpc) is 2.38. The van der Waals surface area contributed by atoms with Crippen molar-refractivity contribution in [3.05, 3.63) is 35.0 Å². The molecule has 2 rings (SSSR count). The van der Waals surface area contributed by atoms with Crippen LogP contribution in [0, 0.1) is 13.8 Å². The molecule has 100 valence electrons. The number of pyridine rings is 1. The lowest BCUT2D eigenvalue weighted by molar-refractivity contribution is -0.139. The van der Waals surface area contributed by atoms with Crippen LogP contribution < -0.4 is 4.74 Å². The second kappa shape index (κ2) is 5.26. The van der Waals surface area contributed by atoms with Crippen LogP contribution in [-0.2, 0) is 16.0 Å². The highest BCUT2D eigenvalue weighted by Crippen LogP contribution is 2.30. The van der Waals surface area contributed by atoms with Gasteiger partial charge in [0.1, 0.15) is 11.3 Å². The lowest BCUT2D eigenvalue weighted by atomic mass is 10.00. The smallest absolute Gasteiger partial charge is 0.310 e. The first kappa shape index (κ1) is 13.3. The molecule has 4 nitrogen and oxygen atoms in total. The standard InChI is InChI=1S/C15H17NO3/c1-9-7-10(2)16-15-12(18-3)6-5-11(14(9)15)8-13(17)19-4/h5-7H,8H2,1-4H3. The summed E-state index contributed by atoms with van der Waals surface area (Å²) in [7, 11) is 3.01. The van der Waals surface area contributed by atoms with E-state index in [1.807, 2.05) is 32.0 Å². The van der Waals surface area contributed by atoms with Gasteiger partial charge in [0.2, 0.25) is 0 Å². The van der Waals surface area contributed by atoms with Gasteiger partial charge in [-0.1, -0.05) is 6.07 Å². The lowest BCUT2D eigenvalue weighted by Crippen LogP contribution is -2.06. The van der Waals surface area contributed by atoms with E-state index in [9.17, 15) is 4.79 Å². The number of hydrogen-bond donors (Lipinski definition) is 0. The number of methoxy groups -OCH3 is 2. The van der Waals surface area contributed by atoms with E-state index in [2.05, 4.69) is 4.98 Å². The maximum atomic E-state index is 11.5. The highest BCUT2D eigenvalue weighted by Gasteiger charge is 2.13. The van der Waals surface area contributed by atoms with Gasteiger partial charge in [0.25, 0.3) is 0 Å². The van der Waals surface area contributed by atoms with Crippen LogP contribution in [0.1, 0.15) is 16.8 Å². The van der Waals surface area contributed by atoms with Gasteiger partial charge < -0.3 is 9.47 Å². The monoisotopic (exact) mass is 259 g/mol. The van der Waals surface area contributed by atoms with E-state index in [-0.39, 0.29) is 12.4 Å². The molecule has 0 aliphatic carbocycles. The SMILES string of the molecule is COC(=O)Cc1ccc(OC)c2nc(C)cc(C)c12. The predicted molar refractivity (Wildman–Crippen MR) is 73.5 cm³/mol. The number of nitrogens with zero attached hydrogens (tertiary/aromatic N) is 1. The molecule has 1 aromatic carbocycles. The summed E-state index contributed by atoms with van der Waals surface area (Å²) in [6, 6.07) is 5.73. The molecular weight excluding hydrogens is 242 g/mol. The Labute approximate surface area is 112 Å². The normalized spacial score (nSPS) is 10.5. The van der Waals surface area contributed by atoms with Gasteiger partial charge in [-0.25, -0.2) is 4.98 Å². The molecule has 0 amide bonds. The summed E-state index contributed by atoms with van der Waals surface area (Å²) in [6.45, 7) is 3.95. The number of hydrogen-bond acceptors (Lipinski definition) is 4. The first-order chi connectivity index (χ1) is 9.06. The number of carbonyl (C=O) groups is 1. The van der Waals surface area contributed by atoms with E-state index >= 15 is 0 Å². The third-order valence-electron chi connectivity index (χ3n) is 3.12. The molecule has 0 saturated heterocycles. The average molecular weight is 259 g/mol. The molecule has 1 heterocycles. The highest BCUT2D eigenvalue weighted by molar-refractivity contribution is 5.93. The largest absolute Gasteiger partial charge is 0.494 e. The third kappa shape index (κ3) is 2.52. The van der Waals surface area contributed by atoms with E-state index in [0.717, 1.165) is 33.5 Å². The summed E-state index contributed by atoms with van der Waals surface area (Å²) in [5.41, 5.74) is 3.72. The Bertz CT molecular complexity index is 635. The summed E-state index contributed by atoms with van der Waals surface area (Å²) in [5, 5.41) is 0.968.